The lowest BCUT2D eigenvalue weighted by molar-refractivity contribution is -0.200. The number of likely N-dealkylation sites (N-methyl/N-ethyl adjacent to an activating group) is 1. The molecule has 3 unspecified atom stereocenters. The number of nitrogens with zero attached hydrogens (tertiary/aromatic N) is 1. The molecule has 2 aliphatic rings. The van der Waals surface area contributed by atoms with E-state index < -0.39 is 18.0 Å². The number of carbonyl (C=O) groups excluding carboxylic acids is 1. The summed E-state index contributed by atoms with van der Waals surface area (Å²) in [4.78, 5) is 13.8. The van der Waals surface area contributed by atoms with Crippen LogP contribution < -0.4 is 5.32 Å². The van der Waals surface area contributed by atoms with Gasteiger partial charge in [0.2, 0.25) is 5.91 Å². The van der Waals surface area contributed by atoms with Gasteiger partial charge in [-0.2, -0.15) is 13.2 Å². The van der Waals surface area contributed by atoms with Gasteiger partial charge in [0.25, 0.3) is 0 Å². The van der Waals surface area contributed by atoms with Gasteiger partial charge in [0.05, 0.1) is 5.92 Å². The first-order valence-electron chi connectivity index (χ1n) is 7.44. The van der Waals surface area contributed by atoms with E-state index in [-0.39, 0.29) is 18.4 Å². The molecule has 1 saturated heterocycles. The average molecular weight is 292 g/mol. The lowest BCUT2D eigenvalue weighted by atomic mass is 9.78. The Kier molecular flexibility index (Phi) is 4.94. The van der Waals surface area contributed by atoms with Gasteiger partial charge in [0.1, 0.15) is 0 Å². The molecule has 6 heteroatoms. The number of hydrogen-bond acceptors (Lipinski definition) is 2. The van der Waals surface area contributed by atoms with E-state index in [1.165, 1.54) is 4.90 Å². The van der Waals surface area contributed by atoms with Crippen LogP contribution >= 0.6 is 0 Å². The first kappa shape index (κ1) is 15.6. The zero-order valence-corrected chi connectivity index (χ0v) is 11.9. The van der Waals surface area contributed by atoms with Crippen LogP contribution in [0.4, 0.5) is 13.2 Å². The molecule has 0 aromatic rings. The number of halogens is 3. The third-order valence-electron chi connectivity index (χ3n) is 4.54. The quantitative estimate of drug-likeness (QED) is 0.867. The standard InChI is InChI=1S/C14H23F3N2O/c1-19(9-10-5-4-8-18-10)13(20)11-6-2-3-7-12(11)14(15,16)17/h10-12,18H,2-9H2,1H3. The van der Waals surface area contributed by atoms with Crippen LogP contribution in [0.2, 0.25) is 0 Å². The topological polar surface area (TPSA) is 32.3 Å². The molecule has 116 valence electrons. The predicted molar refractivity (Wildman–Crippen MR) is 70.2 cm³/mol. The number of alkyl halides is 3. The van der Waals surface area contributed by atoms with Gasteiger partial charge in [-0.25, -0.2) is 0 Å². The number of rotatable bonds is 3. The normalized spacial score (nSPS) is 31.3. The van der Waals surface area contributed by atoms with Crippen LogP contribution in [0.5, 0.6) is 0 Å². The maximum atomic E-state index is 13.0. The van der Waals surface area contributed by atoms with Crippen molar-refractivity contribution in [1.29, 1.82) is 0 Å². The molecule has 1 aliphatic carbocycles. The van der Waals surface area contributed by atoms with Gasteiger partial charge in [0, 0.05) is 25.6 Å². The van der Waals surface area contributed by atoms with E-state index in [1.54, 1.807) is 7.05 Å². The highest BCUT2D eigenvalue weighted by Crippen LogP contribution is 2.42. The van der Waals surface area contributed by atoms with Crippen molar-refractivity contribution in [3.8, 4) is 0 Å². The fourth-order valence-electron chi connectivity index (χ4n) is 3.43. The summed E-state index contributed by atoms with van der Waals surface area (Å²) in [5, 5.41) is 3.27. The van der Waals surface area contributed by atoms with E-state index >= 15 is 0 Å². The molecule has 0 radical (unpaired) electrons. The van der Waals surface area contributed by atoms with Gasteiger partial charge < -0.3 is 10.2 Å². The monoisotopic (exact) mass is 292 g/mol. The van der Waals surface area contributed by atoms with Crippen LogP contribution in [0.15, 0.2) is 0 Å². The van der Waals surface area contributed by atoms with Crippen LogP contribution in [-0.4, -0.2) is 43.2 Å². The SMILES string of the molecule is CN(CC1CCCN1)C(=O)C1CCCCC1C(F)(F)F. The average Bonchev–Trinajstić information content (AvgIpc) is 2.89. The van der Waals surface area contributed by atoms with Crippen molar-refractivity contribution >= 4 is 5.91 Å². The first-order chi connectivity index (χ1) is 9.39. The minimum atomic E-state index is -4.26. The molecule has 3 atom stereocenters. The highest BCUT2D eigenvalue weighted by Gasteiger charge is 2.48. The van der Waals surface area contributed by atoms with Crippen LogP contribution in [0.25, 0.3) is 0 Å². The second-order valence-electron chi connectivity index (χ2n) is 6.05. The molecule has 2 fully saturated rings. The second-order valence-corrected chi connectivity index (χ2v) is 6.05. The molecule has 1 amide bonds. The molecule has 0 bridgehead atoms. The van der Waals surface area contributed by atoms with Gasteiger partial charge in [-0.15, -0.1) is 0 Å². The first-order valence-corrected chi connectivity index (χ1v) is 7.44. The third-order valence-corrected chi connectivity index (χ3v) is 4.54. The lowest BCUT2D eigenvalue weighted by Gasteiger charge is -2.35. The molecule has 0 spiro atoms. The van der Waals surface area contributed by atoms with Gasteiger partial charge in [-0.3, -0.25) is 4.79 Å². The van der Waals surface area contributed by atoms with Crippen molar-refractivity contribution in [1.82, 2.24) is 10.2 Å². The zero-order chi connectivity index (χ0) is 14.8. The summed E-state index contributed by atoms with van der Waals surface area (Å²) in [5.41, 5.74) is 0. The Morgan fingerprint density at radius 3 is 2.50 bits per heavy atom. The Balaban J connectivity index is 1.97. The van der Waals surface area contributed by atoms with Gasteiger partial charge in [-0.05, 0) is 32.2 Å². The highest BCUT2D eigenvalue weighted by molar-refractivity contribution is 5.79. The Labute approximate surface area is 117 Å². The minimum absolute atomic E-state index is 0.0927. The van der Waals surface area contributed by atoms with E-state index in [4.69, 9.17) is 0 Å². The third kappa shape index (κ3) is 3.65. The van der Waals surface area contributed by atoms with Crippen LogP contribution in [-0.2, 0) is 4.79 Å². The summed E-state index contributed by atoms with van der Waals surface area (Å²) in [7, 11) is 1.63. The second kappa shape index (κ2) is 6.33. The van der Waals surface area contributed by atoms with E-state index in [1.807, 2.05) is 0 Å². The van der Waals surface area contributed by atoms with Crippen LogP contribution in [0.3, 0.4) is 0 Å². The van der Waals surface area contributed by atoms with Crippen LogP contribution in [0.1, 0.15) is 38.5 Å². The molecule has 20 heavy (non-hydrogen) atoms. The van der Waals surface area contributed by atoms with Crippen molar-refractivity contribution in [2.75, 3.05) is 20.1 Å². The number of amides is 1. The Hall–Kier alpha value is -0.780. The summed E-state index contributed by atoms with van der Waals surface area (Å²) >= 11 is 0. The number of carbonyl (C=O) groups is 1. The molecule has 1 heterocycles. The van der Waals surface area contributed by atoms with Crippen molar-refractivity contribution < 1.29 is 18.0 Å². The van der Waals surface area contributed by atoms with Crippen molar-refractivity contribution in [2.24, 2.45) is 11.8 Å². The summed E-state index contributed by atoms with van der Waals surface area (Å²) < 4.78 is 39.1. The molecule has 3 nitrogen and oxygen atoms in total. The molecule has 1 aliphatic heterocycles. The summed E-state index contributed by atoms with van der Waals surface area (Å²) in [6.07, 6.45) is -0.444. The van der Waals surface area contributed by atoms with Crippen molar-refractivity contribution in [2.45, 2.75) is 50.7 Å². The molecular weight excluding hydrogens is 269 g/mol. The summed E-state index contributed by atoms with van der Waals surface area (Å²) in [6.45, 7) is 1.45. The summed E-state index contributed by atoms with van der Waals surface area (Å²) in [5.74, 6) is -2.67. The van der Waals surface area contributed by atoms with Crippen molar-refractivity contribution in [3.05, 3.63) is 0 Å². The maximum Gasteiger partial charge on any atom is 0.392 e. The predicted octanol–water partition coefficient (Wildman–Crippen LogP) is 2.57. The highest BCUT2D eigenvalue weighted by atomic mass is 19.4. The van der Waals surface area contributed by atoms with Crippen LogP contribution in [0, 0.1) is 11.8 Å². The zero-order valence-electron chi connectivity index (χ0n) is 11.9. The lowest BCUT2D eigenvalue weighted by Crippen LogP contribution is -2.46. The Morgan fingerprint density at radius 1 is 1.20 bits per heavy atom. The van der Waals surface area contributed by atoms with E-state index in [0.717, 1.165) is 25.8 Å². The van der Waals surface area contributed by atoms with E-state index in [2.05, 4.69) is 5.32 Å². The smallest absolute Gasteiger partial charge is 0.344 e. The molecule has 2 rings (SSSR count). The molecular formula is C14H23F3N2O. The van der Waals surface area contributed by atoms with Crippen molar-refractivity contribution in [3.63, 3.8) is 0 Å². The molecule has 0 aromatic carbocycles. The fourth-order valence-corrected chi connectivity index (χ4v) is 3.43. The molecule has 1 saturated carbocycles. The Bertz CT molecular complexity index is 340. The minimum Gasteiger partial charge on any atom is -0.344 e. The number of nitrogens with one attached hydrogen (secondary N) is 1. The van der Waals surface area contributed by atoms with Gasteiger partial charge in [0.15, 0.2) is 0 Å². The fraction of sp³-hybridized carbons (Fsp3) is 0.929. The molecule has 0 aromatic heterocycles. The molecule has 1 N–H and O–H groups in total. The number of hydrogen-bond donors (Lipinski definition) is 1. The van der Waals surface area contributed by atoms with Gasteiger partial charge >= 0.3 is 6.18 Å². The maximum absolute atomic E-state index is 13.0. The van der Waals surface area contributed by atoms with Gasteiger partial charge in [-0.1, -0.05) is 12.8 Å². The summed E-state index contributed by atoms with van der Waals surface area (Å²) in [6, 6.07) is 0.233. The largest absolute Gasteiger partial charge is 0.392 e. The van der Waals surface area contributed by atoms with E-state index in [9.17, 15) is 18.0 Å². The Morgan fingerprint density at radius 2 is 1.90 bits per heavy atom. The van der Waals surface area contributed by atoms with E-state index in [0.29, 0.717) is 19.4 Å².